The van der Waals surface area contributed by atoms with Gasteiger partial charge in [0.2, 0.25) is 0 Å². The van der Waals surface area contributed by atoms with Gasteiger partial charge in [0.1, 0.15) is 0 Å². The third kappa shape index (κ3) is 83.7. The summed E-state index contributed by atoms with van der Waals surface area (Å²) >= 11 is 0. The zero-order valence-corrected chi connectivity index (χ0v) is 6.83. The summed E-state index contributed by atoms with van der Waals surface area (Å²) in [6.45, 7) is 0. The van der Waals surface area contributed by atoms with Crippen LogP contribution in [0.5, 0.6) is 0 Å². The second-order valence-electron chi connectivity index (χ2n) is 0.238. The summed E-state index contributed by atoms with van der Waals surface area (Å²) < 4.78 is 0. The van der Waals surface area contributed by atoms with Gasteiger partial charge >= 0.3 is 52.6 Å². The van der Waals surface area contributed by atoms with Gasteiger partial charge in [-0.15, -0.1) is 10.1 Å². The molecule has 4 nitrogen and oxygen atoms in total. The van der Waals surface area contributed by atoms with Crippen LogP contribution in [0.25, 0.3) is 0 Å². The predicted octanol–water partition coefficient (Wildman–Crippen LogP) is -3.39. The van der Waals surface area contributed by atoms with Crippen molar-refractivity contribution in [2.75, 3.05) is 0 Å². The molecule has 6 heavy (non-hydrogen) atoms. The van der Waals surface area contributed by atoms with E-state index >= 15 is 0 Å². The van der Waals surface area contributed by atoms with Gasteiger partial charge in [0.15, 0.2) is 0 Å². The first-order chi connectivity index (χ1) is 1.73. The Morgan fingerprint density at radius 2 is 1.83 bits per heavy atom. The number of hydrogen-bond acceptors (Lipinski definition) is 2. The molecule has 0 heterocycles. The first kappa shape index (κ1) is 15.8. The summed E-state index contributed by atoms with van der Waals surface area (Å²) in [5.74, 6) is 0. The Labute approximate surface area is 76.9 Å². The van der Waals surface area contributed by atoms with Gasteiger partial charge in [0, 0.05) is 0 Å². The van der Waals surface area contributed by atoms with Crippen LogP contribution in [-0.2, 0) is 0 Å². The van der Waals surface area contributed by atoms with Crippen molar-refractivity contribution in [2.24, 2.45) is 0 Å². The quantitative estimate of drug-likeness (QED) is 0.202. The molecule has 0 aliphatic heterocycles. The molecule has 0 radical (unpaired) electrons. The van der Waals surface area contributed by atoms with Gasteiger partial charge in [-0.3, -0.25) is 0 Å². The van der Waals surface area contributed by atoms with Crippen LogP contribution < -0.4 is 29.6 Å². The summed E-state index contributed by atoms with van der Waals surface area (Å²) in [6.07, 6.45) is 0. The molecule has 0 atom stereocenters. The maximum Gasteiger partial charge on any atom is 2.00 e. The van der Waals surface area contributed by atoms with Crippen LogP contribution in [-0.4, -0.2) is 33.3 Å². The summed E-state index contributed by atoms with van der Waals surface area (Å²) in [5.41, 5.74) is 0. The minimum atomic E-state index is -1.50. The fourth-order valence-corrected chi connectivity index (χ4v) is 0. The van der Waals surface area contributed by atoms with Gasteiger partial charge in [-0.1, -0.05) is 0 Å². The van der Waals surface area contributed by atoms with E-state index in [0.29, 0.717) is 0 Å². The van der Waals surface area contributed by atoms with Gasteiger partial charge in [0.25, 0.3) is 5.09 Å². The normalized spacial score (nSPS) is 4.00. The molecule has 0 fully saturated rings. The fraction of sp³-hybridized carbons (Fsp3) is 0. The van der Waals surface area contributed by atoms with Crippen molar-refractivity contribution in [3.05, 3.63) is 10.1 Å². The molecule has 0 spiro atoms. The SMILES string of the molecule is O=[N+]([O-])O.[H-].[H-].[H-].[Mg+2].[Na+]. The topological polar surface area (TPSA) is 63.4 Å². The van der Waals surface area contributed by atoms with Crippen molar-refractivity contribution in [3.63, 3.8) is 0 Å². The predicted molar refractivity (Wildman–Crippen MR) is 17.9 cm³/mol. The van der Waals surface area contributed by atoms with Gasteiger partial charge in [-0.05, 0) is 0 Å². The van der Waals surface area contributed by atoms with Crippen molar-refractivity contribution in [1.82, 2.24) is 0 Å². The molecule has 0 aliphatic rings. The third-order valence-corrected chi connectivity index (χ3v) is 0. The van der Waals surface area contributed by atoms with Crippen LogP contribution in [0.15, 0.2) is 0 Å². The monoisotopic (exact) mass is 113 g/mol. The van der Waals surface area contributed by atoms with E-state index in [1.54, 1.807) is 0 Å². The zero-order valence-electron chi connectivity index (χ0n) is 6.42. The Hall–Kier alpha value is 0.966. The standard InChI is InChI=1S/Mg.HNO3.Na.3H/c;2-1(3)4;;;;/h;(H,2,3,4);;;;/q+2;;+1;3*-1. The minimum Gasteiger partial charge on any atom is -1.00 e. The smallest absolute Gasteiger partial charge is 1.00 e. The van der Waals surface area contributed by atoms with E-state index in [1.165, 1.54) is 0 Å². The molecule has 0 aliphatic carbocycles. The van der Waals surface area contributed by atoms with Crippen LogP contribution in [0.3, 0.4) is 0 Å². The first-order valence-corrected chi connectivity index (χ1v) is 0.565. The summed E-state index contributed by atoms with van der Waals surface area (Å²) in [6, 6.07) is 0. The van der Waals surface area contributed by atoms with Crippen LogP contribution in [0, 0.1) is 10.1 Å². The molecule has 0 saturated carbocycles. The number of nitrogens with zero attached hydrogens (tertiary/aromatic N) is 1. The van der Waals surface area contributed by atoms with E-state index in [-0.39, 0.29) is 56.9 Å². The Balaban J connectivity index is -0.00000000450. The molecule has 6 heteroatoms. The van der Waals surface area contributed by atoms with Crippen LogP contribution >= 0.6 is 0 Å². The Bertz CT molecular complexity index is 42.0. The van der Waals surface area contributed by atoms with Crippen molar-refractivity contribution in [1.29, 1.82) is 0 Å². The van der Waals surface area contributed by atoms with Crippen LogP contribution in [0.4, 0.5) is 0 Å². The molecule has 0 amide bonds. The molecular weight excluding hydrogens is 109 g/mol. The van der Waals surface area contributed by atoms with E-state index in [1.807, 2.05) is 0 Å². The fourth-order valence-electron chi connectivity index (χ4n) is 0. The first-order valence-electron chi connectivity index (χ1n) is 0.565. The number of hydrogen-bond donors (Lipinski definition) is 1. The van der Waals surface area contributed by atoms with Crippen molar-refractivity contribution in [3.8, 4) is 0 Å². The number of rotatable bonds is 0. The average Bonchev–Trinajstić information content (AvgIpc) is 0.811. The summed E-state index contributed by atoms with van der Waals surface area (Å²) in [5, 5.41) is 13.6. The Morgan fingerprint density at radius 1 is 1.83 bits per heavy atom. The van der Waals surface area contributed by atoms with Crippen molar-refractivity contribution in [2.45, 2.75) is 0 Å². The van der Waals surface area contributed by atoms with E-state index in [0.717, 1.165) is 0 Å². The zero-order chi connectivity index (χ0) is 3.58. The molecule has 0 aromatic heterocycles. The van der Waals surface area contributed by atoms with Gasteiger partial charge < -0.3 is 9.49 Å². The molecule has 30 valence electrons. The summed E-state index contributed by atoms with van der Waals surface area (Å²) in [7, 11) is 0. The molecular formula is H4MgNNaO3. The van der Waals surface area contributed by atoms with Crippen LogP contribution in [0.2, 0.25) is 0 Å². The molecule has 0 aromatic carbocycles. The third-order valence-electron chi connectivity index (χ3n) is 0. The molecule has 1 N–H and O–H groups in total. The molecule has 0 bridgehead atoms. The summed E-state index contributed by atoms with van der Waals surface area (Å²) in [4.78, 5) is 8.36. The Morgan fingerprint density at radius 3 is 1.83 bits per heavy atom. The van der Waals surface area contributed by atoms with E-state index in [4.69, 9.17) is 15.3 Å². The van der Waals surface area contributed by atoms with Crippen molar-refractivity contribution < 1.29 is 44.1 Å². The minimum absolute atomic E-state index is 0. The molecule has 0 saturated heterocycles. The van der Waals surface area contributed by atoms with Gasteiger partial charge in [-0.25, -0.2) is 0 Å². The maximum absolute atomic E-state index is 8.36. The van der Waals surface area contributed by atoms with E-state index in [9.17, 15) is 0 Å². The second-order valence-corrected chi connectivity index (χ2v) is 0.238. The Kier molecular flexibility index (Phi) is 24.6. The van der Waals surface area contributed by atoms with E-state index in [2.05, 4.69) is 0 Å². The van der Waals surface area contributed by atoms with Gasteiger partial charge in [-0.2, -0.15) is 0 Å². The second kappa shape index (κ2) is 9.35. The van der Waals surface area contributed by atoms with Gasteiger partial charge in [0.05, 0.1) is 0 Å². The largest absolute Gasteiger partial charge is 2.00 e. The van der Waals surface area contributed by atoms with Crippen LogP contribution in [0.1, 0.15) is 4.28 Å². The molecule has 0 unspecified atom stereocenters. The maximum atomic E-state index is 8.36. The molecule has 0 aromatic rings. The van der Waals surface area contributed by atoms with Crippen molar-refractivity contribution >= 4 is 23.1 Å². The average molecular weight is 113 g/mol. The van der Waals surface area contributed by atoms with E-state index < -0.39 is 5.09 Å². The molecule has 0 rings (SSSR count).